The van der Waals surface area contributed by atoms with Crippen LogP contribution in [0.2, 0.25) is 0 Å². The monoisotopic (exact) mass is 918 g/mol. The summed E-state index contributed by atoms with van der Waals surface area (Å²) in [7, 11) is 0. The van der Waals surface area contributed by atoms with Crippen LogP contribution >= 0.6 is 0 Å². The Hall–Kier alpha value is -9.92. The highest BCUT2D eigenvalue weighted by Crippen LogP contribution is 2.48. The quantitative estimate of drug-likeness (QED) is 0.141. The molecule has 0 spiro atoms. The van der Waals surface area contributed by atoms with E-state index in [9.17, 15) is 0 Å². The molecule has 0 saturated heterocycles. The van der Waals surface area contributed by atoms with Gasteiger partial charge < -0.3 is 19.9 Å². The number of H-pyrrole nitrogens is 4. The van der Waals surface area contributed by atoms with Gasteiger partial charge in [0.05, 0.1) is 55.9 Å². The van der Waals surface area contributed by atoms with E-state index in [2.05, 4.69) is 226 Å². The molecule has 6 aromatic carbocycles. The Bertz CT molecular complexity index is 4520. The first-order valence-electron chi connectivity index (χ1n) is 24.3. The summed E-state index contributed by atoms with van der Waals surface area (Å²) >= 11 is 0. The SMILES string of the molecule is C1=Cc2nc1cc1ccc([nH]1)c(-c1ccccc1)c1cc3c4cc5[nH]c4c4c6nc(cc6c6cc([nH]c6c4c3n1)c2-c1ccccc1)c(-c1ccccc1)c1ccc(cc2nc(c5-c3ccccc3)C=C2)[nH]1. The minimum Gasteiger partial charge on any atom is -0.355 e. The molecule has 10 heterocycles. The van der Waals surface area contributed by atoms with Crippen LogP contribution in [-0.2, 0) is 0 Å². The van der Waals surface area contributed by atoms with Crippen molar-refractivity contribution in [3.63, 3.8) is 0 Å². The van der Waals surface area contributed by atoms with Crippen molar-refractivity contribution in [1.29, 1.82) is 0 Å². The van der Waals surface area contributed by atoms with Gasteiger partial charge in [-0.25, -0.2) is 19.9 Å². The van der Waals surface area contributed by atoms with Crippen molar-refractivity contribution in [2.24, 2.45) is 0 Å². The smallest absolute Gasteiger partial charge is 0.0818 e. The highest BCUT2D eigenvalue weighted by Gasteiger charge is 2.25. The molecule has 8 heteroatoms. The molecule has 0 atom stereocenters. The first kappa shape index (κ1) is 39.0. The average molecular weight is 919 g/mol. The third-order valence-corrected chi connectivity index (χ3v) is 14.7. The van der Waals surface area contributed by atoms with Crippen LogP contribution < -0.4 is 0 Å². The number of hydrogen-bond acceptors (Lipinski definition) is 4. The highest BCUT2D eigenvalue weighted by molar-refractivity contribution is 6.39. The van der Waals surface area contributed by atoms with Crippen LogP contribution in [0, 0.1) is 0 Å². The minimum absolute atomic E-state index is 0.864. The lowest BCUT2D eigenvalue weighted by atomic mass is 9.97. The molecule has 8 aromatic heterocycles. The molecule has 2 aliphatic heterocycles. The van der Waals surface area contributed by atoms with Crippen LogP contribution in [0.15, 0.2) is 182 Å². The van der Waals surface area contributed by atoms with Crippen molar-refractivity contribution < 1.29 is 0 Å². The normalized spacial score (nSPS) is 12.6. The lowest BCUT2D eigenvalue weighted by Crippen LogP contribution is -1.87. The molecule has 0 amide bonds. The van der Waals surface area contributed by atoms with Crippen LogP contribution in [0.3, 0.4) is 0 Å². The fraction of sp³-hybridized carbons (Fsp3) is 0. The first-order chi connectivity index (χ1) is 35.6. The molecule has 0 fully saturated rings. The maximum absolute atomic E-state index is 5.83. The van der Waals surface area contributed by atoms with Crippen molar-refractivity contribution in [2.45, 2.75) is 0 Å². The number of benzene rings is 6. The second-order valence-corrected chi connectivity index (χ2v) is 18.9. The molecule has 0 aliphatic carbocycles. The van der Waals surface area contributed by atoms with E-state index < -0.39 is 0 Å². The van der Waals surface area contributed by atoms with Crippen molar-refractivity contribution in [2.75, 3.05) is 0 Å². The largest absolute Gasteiger partial charge is 0.355 e. The van der Waals surface area contributed by atoms with Gasteiger partial charge in [0, 0.05) is 87.7 Å². The molecule has 8 nitrogen and oxygen atoms in total. The highest BCUT2D eigenvalue weighted by atomic mass is 14.8. The van der Waals surface area contributed by atoms with Crippen LogP contribution in [0.1, 0.15) is 22.8 Å². The number of nitrogens with zero attached hydrogens (tertiary/aromatic N) is 4. The van der Waals surface area contributed by atoms with Crippen LogP contribution in [-0.4, -0.2) is 39.9 Å². The maximum atomic E-state index is 5.83. The molecular weight excluding hydrogens is 881 g/mol. The average Bonchev–Trinajstić information content (AvgIpc) is 4.27. The predicted molar refractivity (Wildman–Crippen MR) is 299 cm³/mol. The van der Waals surface area contributed by atoms with Crippen LogP contribution in [0.4, 0.5) is 0 Å². The molecule has 4 N–H and O–H groups in total. The van der Waals surface area contributed by atoms with E-state index in [1.165, 1.54) is 0 Å². The molecule has 14 aromatic rings. The Morgan fingerprint density at radius 2 is 0.681 bits per heavy atom. The number of rotatable bonds is 4. The molecule has 334 valence electrons. The van der Waals surface area contributed by atoms with Gasteiger partial charge in [-0.2, -0.15) is 0 Å². The third-order valence-electron chi connectivity index (χ3n) is 14.7. The summed E-state index contributed by atoms with van der Waals surface area (Å²) in [6, 6.07) is 64.4. The molecule has 2 aliphatic rings. The van der Waals surface area contributed by atoms with Gasteiger partial charge in [-0.1, -0.05) is 121 Å². The number of hydrogen-bond donors (Lipinski definition) is 4. The standard InChI is InChI=1S/C64H38N8/c1-5-13-35(14-6-1)55-47-25-21-39(65-47)29-40-22-26-48(66-40)57(37-17-9-3-10-18-37)53-33-45-46-34-54-58(38-19-11-4-12-20-38)50-28-24-42(68-50)30-41-23-27-49(67-41)56(36-15-7-2-8-16-36)52-32-44-43-31-51(55)69-61(43)59(63(45)71-53)60(62(44)70-52)64(46)72-54/h1-34,65,68,70-71H. The summed E-state index contributed by atoms with van der Waals surface area (Å²) in [6.45, 7) is 0. The van der Waals surface area contributed by atoms with E-state index in [0.29, 0.717) is 0 Å². The Morgan fingerprint density at radius 1 is 0.292 bits per heavy atom. The lowest BCUT2D eigenvalue weighted by Gasteiger charge is -2.07. The molecule has 72 heavy (non-hydrogen) atoms. The fourth-order valence-corrected chi connectivity index (χ4v) is 11.6. The predicted octanol–water partition coefficient (Wildman–Crippen LogP) is 16.3. The number of fused-ring (bicyclic) bond motifs is 14. The zero-order valence-electron chi connectivity index (χ0n) is 38.4. The molecule has 0 unspecified atom stereocenters. The van der Waals surface area contributed by atoms with E-state index >= 15 is 0 Å². The summed E-state index contributed by atoms with van der Waals surface area (Å²) in [5.74, 6) is 0. The topological polar surface area (TPSA) is 115 Å². The second kappa shape index (κ2) is 14.8. The van der Waals surface area contributed by atoms with Gasteiger partial charge >= 0.3 is 0 Å². The second-order valence-electron chi connectivity index (χ2n) is 18.9. The maximum Gasteiger partial charge on any atom is 0.0818 e. The van der Waals surface area contributed by atoms with Crippen LogP contribution in [0.25, 0.3) is 167 Å². The summed E-state index contributed by atoms with van der Waals surface area (Å²) in [5, 5.41) is 6.16. The molecule has 16 bridgehead atoms. The number of nitrogens with one attached hydrogen (secondary N) is 4. The van der Waals surface area contributed by atoms with Crippen molar-refractivity contribution >= 4 is 123 Å². The summed E-state index contributed by atoms with van der Waals surface area (Å²) < 4.78 is 0. The Morgan fingerprint density at radius 3 is 1.08 bits per heavy atom. The summed E-state index contributed by atoms with van der Waals surface area (Å²) in [6.07, 6.45) is 8.48. The van der Waals surface area contributed by atoms with Gasteiger partial charge in [0.1, 0.15) is 0 Å². The third kappa shape index (κ3) is 5.80. The van der Waals surface area contributed by atoms with Gasteiger partial charge in [-0.3, -0.25) is 0 Å². The Kier molecular flexibility index (Phi) is 8.01. The molecular formula is C64H38N8. The lowest BCUT2D eigenvalue weighted by molar-refractivity contribution is 1.32. The van der Waals surface area contributed by atoms with Crippen molar-refractivity contribution in [1.82, 2.24) is 39.9 Å². The van der Waals surface area contributed by atoms with E-state index in [0.717, 1.165) is 166 Å². The number of aromatic nitrogens is 8. The van der Waals surface area contributed by atoms with Gasteiger partial charge in [0.15, 0.2) is 0 Å². The molecule has 0 saturated carbocycles. The van der Waals surface area contributed by atoms with Gasteiger partial charge in [-0.05, 0) is 107 Å². The van der Waals surface area contributed by atoms with E-state index in [1.54, 1.807) is 0 Å². The van der Waals surface area contributed by atoms with Crippen molar-refractivity contribution in [3.8, 4) is 44.5 Å². The van der Waals surface area contributed by atoms with E-state index in [4.69, 9.17) is 19.9 Å². The minimum atomic E-state index is 0.864. The zero-order chi connectivity index (χ0) is 47.0. The van der Waals surface area contributed by atoms with E-state index in [-0.39, 0.29) is 0 Å². The molecule has 0 radical (unpaired) electrons. The first-order valence-corrected chi connectivity index (χ1v) is 24.3. The van der Waals surface area contributed by atoms with Crippen molar-refractivity contribution in [3.05, 3.63) is 205 Å². The summed E-state index contributed by atoms with van der Waals surface area (Å²) in [4.78, 5) is 38.0. The van der Waals surface area contributed by atoms with Gasteiger partial charge in [0.2, 0.25) is 0 Å². The zero-order valence-corrected chi connectivity index (χ0v) is 38.4. The number of aromatic amines is 4. The fourth-order valence-electron chi connectivity index (χ4n) is 11.6. The Balaban J connectivity index is 1.21. The van der Waals surface area contributed by atoms with E-state index in [1.807, 2.05) is 0 Å². The summed E-state index contributed by atoms with van der Waals surface area (Å²) in [5.41, 5.74) is 22.9. The van der Waals surface area contributed by atoms with Gasteiger partial charge in [-0.15, -0.1) is 0 Å². The van der Waals surface area contributed by atoms with Gasteiger partial charge in [0.25, 0.3) is 0 Å². The Labute approximate surface area is 410 Å². The molecule has 16 rings (SSSR count). The van der Waals surface area contributed by atoms with Crippen LogP contribution in [0.5, 0.6) is 0 Å².